The summed E-state index contributed by atoms with van der Waals surface area (Å²) in [6.45, 7) is 10.4. The molecule has 0 fully saturated rings. The molecule has 0 amide bonds. The van der Waals surface area contributed by atoms with E-state index in [4.69, 9.17) is 6.57 Å². The maximum atomic E-state index is 10.3. The van der Waals surface area contributed by atoms with Gasteiger partial charge in [-0.05, 0) is 66.0 Å². The van der Waals surface area contributed by atoms with E-state index in [2.05, 4.69) is 59.3 Å². The van der Waals surface area contributed by atoms with Crippen molar-refractivity contribution in [3.05, 3.63) is 148 Å². The van der Waals surface area contributed by atoms with Gasteiger partial charge in [0.2, 0.25) is 0 Å². The van der Waals surface area contributed by atoms with Crippen LogP contribution >= 0.6 is 0 Å². The van der Waals surface area contributed by atoms with Gasteiger partial charge in [-0.2, -0.15) is 10.5 Å². The van der Waals surface area contributed by atoms with Gasteiger partial charge in [-0.3, -0.25) is 0 Å². The Bertz CT molecular complexity index is 1840. The molecule has 0 aliphatic carbocycles. The van der Waals surface area contributed by atoms with Crippen molar-refractivity contribution in [3.8, 4) is 18.2 Å². The fourth-order valence-corrected chi connectivity index (χ4v) is 5.82. The smallest absolute Gasteiger partial charge is 0.270 e. The van der Waals surface area contributed by atoms with Gasteiger partial charge in [0, 0.05) is 29.1 Å². The zero-order chi connectivity index (χ0) is 33.6. The maximum absolute atomic E-state index is 10.3. The number of hydrogen-bond acceptors (Lipinski definition) is 6. The number of unbranched alkanes of at least 4 members (excludes halogenated alkanes) is 1. The van der Waals surface area contributed by atoms with Gasteiger partial charge in [0.15, 0.2) is 0 Å². The van der Waals surface area contributed by atoms with Crippen LogP contribution in [-0.2, 0) is 0 Å². The SMILES string of the molecule is [C-]#[N+]\C(C#N)=C(/C(C#N)=C/C=C1\C=C(c2ccccc2)c2ccccc2N1CCCC[N+](C)(CCO)CCO)c1ccc(C#N)cc1. The van der Waals surface area contributed by atoms with Crippen LogP contribution in [0.2, 0.25) is 0 Å². The Hall–Kier alpha value is -5.74. The molecule has 0 bridgehead atoms. The Morgan fingerprint density at radius 3 is 2.17 bits per heavy atom. The monoisotopic (exact) mass is 621 g/mol. The molecule has 8 nitrogen and oxygen atoms in total. The van der Waals surface area contributed by atoms with Gasteiger partial charge in [0.1, 0.15) is 13.1 Å². The molecule has 1 aliphatic rings. The number of nitriles is 3. The first-order valence-electron chi connectivity index (χ1n) is 15.5. The molecule has 47 heavy (non-hydrogen) atoms. The van der Waals surface area contributed by atoms with Crippen LogP contribution in [0.25, 0.3) is 16.0 Å². The van der Waals surface area contributed by atoms with Crippen molar-refractivity contribution >= 4 is 16.8 Å². The summed E-state index contributed by atoms with van der Waals surface area (Å²) in [6.07, 6.45) is 7.33. The van der Waals surface area contributed by atoms with Crippen molar-refractivity contribution in [2.45, 2.75) is 12.8 Å². The second-order valence-electron chi connectivity index (χ2n) is 11.5. The Labute approximate surface area is 277 Å². The van der Waals surface area contributed by atoms with Crippen molar-refractivity contribution in [2.24, 2.45) is 0 Å². The van der Waals surface area contributed by atoms with E-state index in [-0.39, 0.29) is 30.1 Å². The summed E-state index contributed by atoms with van der Waals surface area (Å²) in [5, 5.41) is 48.5. The molecule has 0 atom stereocenters. The molecule has 1 heterocycles. The van der Waals surface area contributed by atoms with Gasteiger partial charge in [-0.15, -0.1) is 0 Å². The van der Waals surface area contributed by atoms with E-state index < -0.39 is 0 Å². The van der Waals surface area contributed by atoms with Crippen LogP contribution in [0.15, 0.2) is 114 Å². The van der Waals surface area contributed by atoms with Crippen LogP contribution in [0.5, 0.6) is 0 Å². The second-order valence-corrected chi connectivity index (χ2v) is 11.5. The van der Waals surface area contributed by atoms with Crippen LogP contribution in [-0.4, -0.2) is 61.1 Å². The number of aliphatic hydroxyl groups is 2. The molecule has 0 aromatic heterocycles. The fourth-order valence-electron chi connectivity index (χ4n) is 5.82. The van der Waals surface area contributed by atoms with Crippen LogP contribution in [0.3, 0.4) is 0 Å². The van der Waals surface area contributed by atoms with Crippen LogP contribution in [0, 0.1) is 40.6 Å². The number of fused-ring (bicyclic) bond motifs is 1. The number of quaternary nitrogens is 1. The third kappa shape index (κ3) is 8.30. The maximum Gasteiger partial charge on any atom is 0.270 e. The lowest BCUT2D eigenvalue weighted by Crippen LogP contribution is -2.48. The summed E-state index contributed by atoms with van der Waals surface area (Å²) >= 11 is 0. The minimum absolute atomic E-state index is 0.0589. The highest BCUT2D eigenvalue weighted by Gasteiger charge is 2.24. The molecular formula is C39H37N6O2+. The zero-order valence-corrected chi connectivity index (χ0v) is 26.5. The summed E-state index contributed by atoms with van der Waals surface area (Å²) in [5.74, 6) is 0. The highest BCUT2D eigenvalue weighted by atomic mass is 16.3. The van der Waals surface area contributed by atoms with Crippen LogP contribution < -0.4 is 4.90 Å². The van der Waals surface area contributed by atoms with Gasteiger partial charge in [-0.1, -0.05) is 60.7 Å². The minimum Gasteiger partial charge on any atom is -0.391 e. The molecule has 0 spiro atoms. The average Bonchev–Trinajstić information content (AvgIpc) is 3.10. The first-order chi connectivity index (χ1) is 22.9. The molecule has 0 radical (unpaired) electrons. The van der Waals surface area contributed by atoms with Crippen molar-refractivity contribution in [2.75, 3.05) is 51.3 Å². The van der Waals surface area contributed by atoms with E-state index in [1.54, 1.807) is 30.3 Å². The molecule has 4 rings (SSSR count). The lowest BCUT2D eigenvalue weighted by atomic mass is 9.91. The lowest BCUT2D eigenvalue weighted by molar-refractivity contribution is -0.910. The minimum atomic E-state index is -0.209. The number of nitrogens with zero attached hydrogens (tertiary/aromatic N) is 6. The normalized spacial score (nSPS) is 14.2. The summed E-state index contributed by atoms with van der Waals surface area (Å²) in [4.78, 5) is 5.64. The highest BCUT2D eigenvalue weighted by Crippen LogP contribution is 2.39. The number of allylic oxidation sites excluding steroid dienone is 6. The van der Waals surface area contributed by atoms with Crippen LogP contribution in [0.1, 0.15) is 35.1 Å². The molecular weight excluding hydrogens is 584 g/mol. The fraction of sp³-hybridized carbons (Fsp3) is 0.231. The number of para-hydroxylation sites is 1. The first-order valence-corrected chi connectivity index (χ1v) is 15.5. The number of anilines is 1. The molecule has 8 heteroatoms. The summed E-state index contributed by atoms with van der Waals surface area (Å²) in [6, 6.07) is 31.0. The highest BCUT2D eigenvalue weighted by molar-refractivity contribution is 5.92. The van der Waals surface area contributed by atoms with E-state index in [0.29, 0.717) is 35.2 Å². The number of benzene rings is 3. The topological polar surface area (TPSA) is 119 Å². The predicted octanol–water partition coefficient (Wildman–Crippen LogP) is 6.21. The van der Waals surface area contributed by atoms with Crippen molar-refractivity contribution in [3.63, 3.8) is 0 Å². The van der Waals surface area contributed by atoms with Gasteiger partial charge < -0.3 is 19.6 Å². The Morgan fingerprint density at radius 1 is 0.872 bits per heavy atom. The molecule has 1 aliphatic heterocycles. The van der Waals surface area contributed by atoms with Crippen LogP contribution in [0.4, 0.5) is 5.69 Å². The second kappa shape index (κ2) is 16.5. The van der Waals surface area contributed by atoms with E-state index in [9.17, 15) is 26.0 Å². The van der Waals surface area contributed by atoms with Crippen molar-refractivity contribution < 1.29 is 14.7 Å². The number of hydrogen-bond donors (Lipinski definition) is 2. The van der Waals surface area contributed by atoms with Crippen molar-refractivity contribution in [1.82, 2.24) is 0 Å². The van der Waals surface area contributed by atoms with Gasteiger partial charge in [-0.25, -0.2) is 10.1 Å². The summed E-state index contributed by atoms with van der Waals surface area (Å²) in [5.41, 5.74) is 6.13. The van der Waals surface area contributed by atoms with Crippen molar-refractivity contribution in [1.29, 1.82) is 15.8 Å². The third-order valence-electron chi connectivity index (χ3n) is 8.35. The Morgan fingerprint density at radius 2 is 1.55 bits per heavy atom. The number of rotatable bonds is 13. The predicted molar refractivity (Wildman–Crippen MR) is 184 cm³/mol. The largest absolute Gasteiger partial charge is 0.391 e. The standard InChI is InChI=1S/C39H37N6O2/c1-43-37(29-42)39(32-16-14-30(27-40)15-17-32)33(28-41)18-19-34-26-36(31-10-4-3-5-11-31)35-12-6-7-13-38(35)44(34)20-8-9-21-45(2,22-24-46)23-25-47/h3-7,10-19,26,46-47H,8-9,20-25H2,2H3/q+1/b33-18+,34-19+,39-37-. The number of likely N-dealkylation sites (N-methyl/N-ethyl adjacent to an activating group) is 1. The summed E-state index contributed by atoms with van der Waals surface area (Å²) in [7, 11) is 2.05. The Balaban J connectivity index is 1.80. The average molecular weight is 622 g/mol. The summed E-state index contributed by atoms with van der Waals surface area (Å²) < 4.78 is 0.589. The molecule has 2 N–H and O–H groups in total. The molecule has 3 aromatic carbocycles. The van der Waals surface area contributed by atoms with E-state index in [1.807, 2.05) is 42.5 Å². The van der Waals surface area contributed by atoms with Gasteiger partial charge in [0.05, 0.1) is 62.7 Å². The third-order valence-corrected chi connectivity index (χ3v) is 8.35. The van der Waals surface area contributed by atoms with Gasteiger partial charge in [0.25, 0.3) is 5.70 Å². The number of aliphatic hydroxyl groups excluding tert-OH is 2. The quantitative estimate of drug-likeness (QED) is 0.0770. The lowest BCUT2D eigenvalue weighted by Gasteiger charge is -2.35. The molecule has 3 aromatic rings. The van der Waals surface area contributed by atoms with E-state index in [0.717, 1.165) is 47.5 Å². The van der Waals surface area contributed by atoms with E-state index >= 15 is 0 Å². The zero-order valence-electron chi connectivity index (χ0n) is 26.5. The van der Waals surface area contributed by atoms with Gasteiger partial charge >= 0.3 is 0 Å². The first kappa shape index (κ1) is 34.1. The molecule has 234 valence electrons. The molecule has 0 saturated carbocycles. The molecule has 0 unspecified atom stereocenters. The Kier molecular flexibility index (Phi) is 12.0. The molecule has 0 saturated heterocycles. The van der Waals surface area contributed by atoms with E-state index in [1.165, 1.54) is 0 Å².